The van der Waals surface area contributed by atoms with Gasteiger partial charge in [0, 0.05) is 12.2 Å². The number of nitrogens with one attached hydrogen (secondary N) is 1. The van der Waals surface area contributed by atoms with Crippen LogP contribution in [0.2, 0.25) is 0 Å². The highest BCUT2D eigenvalue weighted by Crippen LogP contribution is 2.13. The number of rotatable bonds is 9. The van der Waals surface area contributed by atoms with E-state index in [1.165, 1.54) is 43.6 Å². The Balaban J connectivity index is 1.60. The van der Waals surface area contributed by atoms with Gasteiger partial charge in [-0.2, -0.15) is 11.8 Å². The quantitative estimate of drug-likeness (QED) is 0.666. The SMILES string of the molecule is CCCCCCCSCCc1nc2ccccc2[nH]1. The summed E-state index contributed by atoms with van der Waals surface area (Å²) in [5.74, 6) is 3.59. The van der Waals surface area contributed by atoms with Crippen LogP contribution < -0.4 is 0 Å². The number of para-hydroxylation sites is 2. The molecule has 0 aliphatic rings. The van der Waals surface area contributed by atoms with Crippen molar-refractivity contribution in [1.29, 1.82) is 0 Å². The van der Waals surface area contributed by atoms with Gasteiger partial charge in [0.15, 0.2) is 0 Å². The van der Waals surface area contributed by atoms with Crippen molar-refractivity contribution in [2.75, 3.05) is 11.5 Å². The second kappa shape index (κ2) is 8.26. The normalized spacial score (nSPS) is 11.2. The van der Waals surface area contributed by atoms with Crippen LogP contribution in [0.25, 0.3) is 11.0 Å². The monoisotopic (exact) mass is 276 g/mol. The number of aromatic amines is 1. The van der Waals surface area contributed by atoms with Crippen molar-refractivity contribution in [2.45, 2.75) is 45.4 Å². The molecule has 0 saturated heterocycles. The lowest BCUT2D eigenvalue weighted by molar-refractivity contribution is 0.659. The average molecular weight is 276 g/mol. The molecule has 0 aliphatic heterocycles. The lowest BCUT2D eigenvalue weighted by Gasteiger charge is -2.00. The number of fused-ring (bicyclic) bond motifs is 1. The summed E-state index contributed by atoms with van der Waals surface area (Å²) in [5, 5.41) is 0. The third kappa shape index (κ3) is 4.90. The Kier molecular flexibility index (Phi) is 6.28. The molecule has 1 heterocycles. The van der Waals surface area contributed by atoms with Crippen molar-refractivity contribution in [1.82, 2.24) is 9.97 Å². The Hall–Kier alpha value is -0.960. The summed E-state index contributed by atoms with van der Waals surface area (Å²) in [5.41, 5.74) is 2.24. The van der Waals surface area contributed by atoms with Crippen molar-refractivity contribution in [2.24, 2.45) is 0 Å². The summed E-state index contributed by atoms with van der Waals surface area (Å²) in [6.45, 7) is 2.27. The van der Waals surface area contributed by atoms with E-state index in [0.29, 0.717) is 0 Å². The molecule has 0 bridgehead atoms. The number of hydrogen-bond acceptors (Lipinski definition) is 2. The lowest BCUT2D eigenvalue weighted by Crippen LogP contribution is -1.92. The van der Waals surface area contributed by atoms with Gasteiger partial charge in [0.25, 0.3) is 0 Å². The molecule has 0 amide bonds. The third-order valence-electron chi connectivity index (χ3n) is 3.31. The maximum atomic E-state index is 4.60. The fraction of sp³-hybridized carbons (Fsp3) is 0.562. The minimum atomic E-state index is 1.05. The highest BCUT2D eigenvalue weighted by molar-refractivity contribution is 7.99. The number of aromatic nitrogens is 2. The van der Waals surface area contributed by atoms with Gasteiger partial charge in [0.05, 0.1) is 11.0 Å². The van der Waals surface area contributed by atoms with Gasteiger partial charge in [0.2, 0.25) is 0 Å². The molecule has 0 aliphatic carbocycles. The van der Waals surface area contributed by atoms with Crippen LogP contribution in [0.15, 0.2) is 24.3 Å². The van der Waals surface area contributed by atoms with E-state index in [1.54, 1.807) is 0 Å². The number of thioether (sulfide) groups is 1. The van der Waals surface area contributed by atoms with E-state index in [2.05, 4.69) is 46.9 Å². The molecular weight excluding hydrogens is 252 g/mol. The number of benzene rings is 1. The Labute approximate surface area is 120 Å². The van der Waals surface area contributed by atoms with Gasteiger partial charge >= 0.3 is 0 Å². The zero-order valence-electron chi connectivity index (χ0n) is 11.8. The second-order valence-electron chi connectivity index (χ2n) is 4.98. The van der Waals surface area contributed by atoms with E-state index in [1.807, 2.05) is 6.07 Å². The minimum absolute atomic E-state index is 1.05. The fourth-order valence-electron chi connectivity index (χ4n) is 2.20. The van der Waals surface area contributed by atoms with Crippen LogP contribution in [0.3, 0.4) is 0 Å². The third-order valence-corrected chi connectivity index (χ3v) is 4.38. The van der Waals surface area contributed by atoms with E-state index < -0.39 is 0 Å². The van der Waals surface area contributed by atoms with Gasteiger partial charge in [-0.05, 0) is 24.3 Å². The predicted molar refractivity (Wildman–Crippen MR) is 85.9 cm³/mol. The molecule has 0 fully saturated rings. The Morgan fingerprint density at radius 3 is 2.74 bits per heavy atom. The number of nitrogens with zero attached hydrogens (tertiary/aromatic N) is 1. The Morgan fingerprint density at radius 1 is 1.05 bits per heavy atom. The summed E-state index contributed by atoms with van der Waals surface area (Å²) >= 11 is 2.06. The number of hydrogen-bond donors (Lipinski definition) is 1. The molecule has 0 atom stereocenters. The van der Waals surface area contributed by atoms with Gasteiger partial charge in [-0.15, -0.1) is 0 Å². The first-order valence-electron chi connectivity index (χ1n) is 7.41. The van der Waals surface area contributed by atoms with Crippen molar-refractivity contribution in [3.63, 3.8) is 0 Å². The largest absolute Gasteiger partial charge is 0.342 e. The molecule has 1 N–H and O–H groups in total. The van der Waals surface area contributed by atoms with E-state index in [9.17, 15) is 0 Å². The predicted octanol–water partition coefficient (Wildman–Crippen LogP) is 4.81. The molecule has 1 aromatic carbocycles. The van der Waals surface area contributed by atoms with Crippen LogP contribution in [0, 0.1) is 0 Å². The summed E-state index contributed by atoms with van der Waals surface area (Å²) in [6, 6.07) is 8.25. The number of imidazole rings is 1. The van der Waals surface area contributed by atoms with Gasteiger partial charge in [-0.1, -0.05) is 44.7 Å². The summed E-state index contributed by atoms with van der Waals surface area (Å²) < 4.78 is 0. The van der Waals surface area contributed by atoms with Gasteiger partial charge < -0.3 is 4.98 Å². The van der Waals surface area contributed by atoms with Crippen LogP contribution in [0.1, 0.15) is 44.9 Å². The van der Waals surface area contributed by atoms with Crippen molar-refractivity contribution >= 4 is 22.8 Å². The first-order chi connectivity index (χ1) is 9.40. The molecule has 0 spiro atoms. The maximum absolute atomic E-state index is 4.60. The van der Waals surface area contributed by atoms with Crippen LogP contribution in [0.4, 0.5) is 0 Å². The molecule has 2 rings (SSSR count). The molecule has 104 valence electrons. The van der Waals surface area contributed by atoms with Crippen LogP contribution in [-0.4, -0.2) is 21.5 Å². The summed E-state index contributed by atoms with van der Waals surface area (Å²) in [7, 11) is 0. The number of H-pyrrole nitrogens is 1. The molecule has 0 saturated carbocycles. The van der Waals surface area contributed by atoms with Crippen LogP contribution in [0.5, 0.6) is 0 Å². The van der Waals surface area contributed by atoms with E-state index in [-0.39, 0.29) is 0 Å². The van der Waals surface area contributed by atoms with Gasteiger partial charge in [-0.3, -0.25) is 0 Å². The molecule has 19 heavy (non-hydrogen) atoms. The standard InChI is InChI=1S/C16H24N2S/c1-2-3-4-5-8-12-19-13-11-16-17-14-9-6-7-10-15(14)18-16/h6-7,9-10H,2-5,8,11-13H2,1H3,(H,17,18). The fourth-order valence-corrected chi connectivity index (χ4v) is 3.15. The van der Waals surface area contributed by atoms with E-state index in [4.69, 9.17) is 0 Å². The molecule has 1 aromatic heterocycles. The smallest absolute Gasteiger partial charge is 0.108 e. The van der Waals surface area contributed by atoms with Crippen LogP contribution >= 0.6 is 11.8 Å². The van der Waals surface area contributed by atoms with Crippen molar-refractivity contribution in [3.8, 4) is 0 Å². The molecule has 3 heteroatoms. The Morgan fingerprint density at radius 2 is 1.89 bits per heavy atom. The molecule has 2 aromatic rings. The molecular formula is C16H24N2S. The second-order valence-corrected chi connectivity index (χ2v) is 6.20. The molecule has 2 nitrogen and oxygen atoms in total. The van der Waals surface area contributed by atoms with E-state index in [0.717, 1.165) is 23.3 Å². The van der Waals surface area contributed by atoms with Crippen molar-refractivity contribution in [3.05, 3.63) is 30.1 Å². The first kappa shape index (κ1) is 14.4. The average Bonchev–Trinajstić information content (AvgIpc) is 2.84. The van der Waals surface area contributed by atoms with Crippen molar-refractivity contribution < 1.29 is 0 Å². The minimum Gasteiger partial charge on any atom is -0.342 e. The zero-order chi connectivity index (χ0) is 13.3. The van der Waals surface area contributed by atoms with Gasteiger partial charge in [0.1, 0.15) is 5.82 Å². The zero-order valence-corrected chi connectivity index (χ0v) is 12.6. The first-order valence-corrected chi connectivity index (χ1v) is 8.57. The summed E-state index contributed by atoms with van der Waals surface area (Å²) in [4.78, 5) is 7.99. The Bertz CT molecular complexity index is 445. The topological polar surface area (TPSA) is 28.7 Å². The van der Waals surface area contributed by atoms with Crippen LogP contribution in [-0.2, 0) is 6.42 Å². The highest BCUT2D eigenvalue weighted by atomic mass is 32.2. The summed E-state index contributed by atoms with van der Waals surface area (Å²) in [6.07, 6.45) is 7.94. The lowest BCUT2D eigenvalue weighted by atomic mass is 10.2. The highest BCUT2D eigenvalue weighted by Gasteiger charge is 2.01. The molecule has 0 radical (unpaired) electrons. The number of aryl methyl sites for hydroxylation is 1. The van der Waals surface area contributed by atoms with E-state index >= 15 is 0 Å². The molecule has 0 unspecified atom stereocenters. The maximum Gasteiger partial charge on any atom is 0.108 e. The van der Waals surface area contributed by atoms with Gasteiger partial charge in [-0.25, -0.2) is 4.98 Å². The number of unbranched alkanes of at least 4 members (excludes halogenated alkanes) is 4.